The first kappa shape index (κ1) is 27.5. The van der Waals surface area contributed by atoms with E-state index in [9.17, 15) is 0 Å². The fourth-order valence-corrected chi connectivity index (χ4v) is 7.26. The highest BCUT2D eigenvalue weighted by Crippen LogP contribution is 2.44. The molecule has 8 aromatic carbocycles. The smallest absolute Gasteiger partial charge is 0.164 e. The van der Waals surface area contributed by atoms with Gasteiger partial charge < -0.3 is 4.42 Å². The number of furan rings is 1. The van der Waals surface area contributed by atoms with E-state index in [1.807, 2.05) is 72.8 Å². The monoisotopic (exact) mass is 625 g/mol. The minimum Gasteiger partial charge on any atom is -0.455 e. The maximum atomic E-state index is 6.81. The van der Waals surface area contributed by atoms with Gasteiger partial charge in [0.1, 0.15) is 11.2 Å². The Labute approximate surface area is 282 Å². The number of nitrogens with zero attached hydrogens (tertiary/aromatic N) is 3. The molecule has 49 heavy (non-hydrogen) atoms. The highest BCUT2D eigenvalue weighted by molar-refractivity contribution is 6.23. The van der Waals surface area contributed by atoms with Crippen molar-refractivity contribution < 1.29 is 4.42 Å². The molecule has 0 aliphatic rings. The lowest BCUT2D eigenvalue weighted by Gasteiger charge is -2.13. The van der Waals surface area contributed by atoms with Crippen molar-refractivity contribution in [2.24, 2.45) is 0 Å². The number of para-hydroxylation sites is 1. The van der Waals surface area contributed by atoms with Crippen molar-refractivity contribution in [1.29, 1.82) is 0 Å². The Bertz CT molecular complexity index is 2820. The fraction of sp³-hybridized carbons (Fsp3) is 0. The Morgan fingerprint density at radius 2 is 0.918 bits per heavy atom. The third kappa shape index (κ3) is 4.42. The normalized spacial score (nSPS) is 11.7. The first-order valence-electron chi connectivity index (χ1n) is 16.5. The van der Waals surface area contributed by atoms with E-state index >= 15 is 0 Å². The van der Waals surface area contributed by atoms with Crippen LogP contribution in [0.3, 0.4) is 0 Å². The second kappa shape index (κ2) is 11.0. The highest BCUT2D eigenvalue weighted by atomic mass is 16.3. The van der Waals surface area contributed by atoms with Crippen LogP contribution in [0.15, 0.2) is 168 Å². The van der Waals surface area contributed by atoms with Crippen LogP contribution in [-0.2, 0) is 0 Å². The van der Waals surface area contributed by atoms with Gasteiger partial charge in [0.05, 0.1) is 0 Å². The summed E-state index contributed by atoms with van der Waals surface area (Å²) >= 11 is 0. The van der Waals surface area contributed by atoms with Crippen molar-refractivity contribution in [3.63, 3.8) is 0 Å². The minimum atomic E-state index is 0.606. The zero-order valence-corrected chi connectivity index (χ0v) is 26.3. The van der Waals surface area contributed by atoms with Crippen molar-refractivity contribution >= 4 is 54.3 Å². The van der Waals surface area contributed by atoms with Crippen molar-refractivity contribution in [3.05, 3.63) is 164 Å². The van der Waals surface area contributed by atoms with Gasteiger partial charge in [-0.2, -0.15) is 0 Å². The SMILES string of the molecule is c1ccc(-c2nc(-c3ccccc3)nc(-c3cccc4oc5c(-c6cc7c8ccccc8ccc7c7ccccc67)cccc5c34)n2)cc1. The molecule has 0 spiro atoms. The van der Waals surface area contributed by atoms with E-state index in [0.29, 0.717) is 17.5 Å². The van der Waals surface area contributed by atoms with Crippen LogP contribution in [0.1, 0.15) is 0 Å². The number of benzene rings is 8. The maximum Gasteiger partial charge on any atom is 0.164 e. The molecule has 4 heteroatoms. The molecule has 2 aromatic heterocycles. The van der Waals surface area contributed by atoms with Crippen molar-refractivity contribution in [2.45, 2.75) is 0 Å². The molecule has 4 nitrogen and oxygen atoms in total. The van der Waals surface area contributed by atoms with Gasteiger partial charge in [-0.1, -0.05) is 152 Å². The molecule has 0 fully saturated rings. The molecule has 0 saturated carbocycles. The Kier molecular flexibility index (Phi) is 6.15. The summed E-state index contributed by atoms with van der Waals surface area (Å²) in [6.07, 6.45) is 0. The predicted molar refractivity (Wildman–Crippen MR) is 201 cm³/mol. The zero-order chi connectivity index (χ0) is 32.3. The number of aromatic nitrogens is 3. The van der Waals surface area contributed by atoms with Crippen LogP contribution in [0.2, 0.25) is 0 Å². The Morgan fingerprint density at radius 1 is 0.347 bits per heavy atom. The van der Waals surface area contributed by atoms with Crippen LogP contribution in [-0.4, -0.2) is 15.0 Å². The van der Waals surface area contributed by atoms with Crippen LogP contribution in [0.4, 0.5) is 0 Å². The van der Waals surface area contributed by atoms with E-state index in [1.165, 1.54) is 32.3 Å². The van der Waals surface area contributed by atoms with E-state index in [2.05, 4.69) is 91.0 Å². The third-order valence-electron chi connectivity index (χ3n) is 9.52. The first-order chi connectivity index (χ1) is 24.3. The summed E-state index contributed by atoms with van der Waals surface area (Å²) in [4.78, 5) is 15.0. The summed E-state index contributed by atoms with van der Waals surface area (Å²) in [5.74, 6) is 1.86. The molecular formula is C45H27N3O. The summed E-state index contributed by atoms with van der Waals surface area (Å²) in [6.45, 7) is 0. The van der Waals surface area contributed by atoms with Gasteiger partial charge >= 0.3 is 0 Å². The lowest BCUT2D eigenvalue weighted by Crippen LogP contribution is -2.00. The van der Waals surface area contributed by atoms with Crippen LogP contribution < -0.4 is 0 Å². The molecule has 0 bridgehead atoms. The first-order valence-corrected chi connectivity index (χ1v) is 16.5. The van der Waals surface area contributed by atoms with Crippen LogP contribution >= 0.6 is 0 Å². The predicted octanol–water partition coefficient (Wildman–Crippen LogP) is 11.9. The van der Waals surface area contributed by atoms with Crippen LogP contribution in [0.5, 0.6) is 0 Å². The van der Waals surface area contributed by atoms with E-state index < -0.39 is 0 Å². The second-order valence-electron chi connectivity index (χ2n) is 12.4. The molecule has 0 radical (unpaired) electrons. The summed E-state index contributed by atoms with van der Waals surface area (Å²) < 4.78 is 6.81. The molecule has 10 aromatic rings. The molecular weight excluding hydrogens is 599 g/mol. The number of fused-ring (bicyclic) bond motifs is 8. The molecule has 0 N–H and O–H groups in total. The van der Waals surface area contributed by atoms with E-state index in [4.69, 9.17) is 19.4 Å². The highest BCUT2D eigenvalue weighted by Gasteiger charge is 2.21. The summed E-state index contributed by atoms with van der Waals surface area (Å²) in [6, 6.07) is 56.8. The topological polar surface area (TPSA) is 51.8 Å². The van der Waals surface area contributed by atoms with Gasteiger partial charge in [0.2, 0.25) is 0 Å². The second-order valence-corrected chi connectivity index (χ2v) is 12.4. The van der Waals surface area contributed by atoms with Crippen molar-refractivity contribution in [3.8, 4) is 45.3 Å². The number of hydrogen-bond acceptors (Lipinski definition) is 4. The molecule has 228 valence electrons. The standard InChI is InChI=1S/C45H27N3O/c1-3-14-29(15-4-1)43-46-44(30-16-5-2-6-17-30)48-45(47-43)37-23-12-24-40-41(37)36-22-11-21-35(42(36)49-40)39-27-38-31-18-8-7-13-28(31)25-26-34(38)32-19-9-10-20-33(32)39/h1-27H. The molecule has 10 rings (SSSR count). The van der Waals surface area contributed by atoms with Gasteiger partial charge in [-0.15, -0.1) is 0 Å². The molecule has 0 atom stereocenters. The lowest BCUT2D eigenvalue weighted by atomic mass is 9.90. The average molecular weight is 626 g/mol. The Morgan fingerprint density at radius 3 is 1.67 bits per heavy atom. The summed E-state index contributed by atoms with van der Waals surface area (Å²) in [7, 11) is 0. The number of rotatable bonds is 4. The zero-order valence-electron chi connectivity index (χ0n) is 26.3. The Balaban J connectivity index is 1.24. The third-order valence-corrected chi connectivity index (χ3v) is 9.52. The van der Waals surface area contributed by atoms with Gasteiger partial charge in [-0.05, 0) is 50.0 Å². The molecule has 0 aliphatic heterocycles. The van der Waals surface area contributed by atoms with Crippen LogP contribution in [0, 0.1) is 0 Å². The van der Waals surface area contributed by atoms with E-state index in [1.54, 1.807) is 0 Å². The molecule has 2 heterocycles. The van der Waals surface area contributed by atoms with Gasteiger partial charge in [0, 0.05) is 33.0 Å². The van der Waals surface area contributed by atoms with E-state index in [0.717, 1.165) is 49.8 Å². The van der Waals surface area contributed by atoms with Gasteiger partial charge in [0.15, 0.2) is 17.5 Å². The van der Waals surface area contributed by atoms with Gasteiger partial charge in [0.25, 0.3) is 0 Å². The summed E-state index contributed by atoms with van der Waals surface area (Å²) in [5.41, 5.74) is 6.60. The Hall–Kier alpha value is -6.65. The lowest BCUT2D eigenvalue weighted by molar-refractivity contribution is 0.670. The van der Waals surface area contributed by atoms with Crippen LogP contribution in [0.25, 0.3) is 99.5 Å². The number of hydrogen-bond donors (Lipinski definition) is 0. The summed E-state index contributed by atoms with van der Waals surface area (Å²) in [5, 5.41) is 9.36. The quantitative estimate of drug-likeness (QED) is 0.183. The van der Waals surface area contributed by atoms with Crippen molar-refractivity contribution in [2.75, 3.05) is 0 Å². The average Bonchev–Trinajstić information content (AvgIpc) is 3.57. The van der Waals surface area contributed by atoms with Crippen molar-refractivity contribution in [1.82, 2.24) is 15.0 Å². The molecule has 0 saturated heterocycles. The van der Waals surface area contributed by atoms with Gasteiger partial charge in [-0.25, -0.2) is 15.0 Å². The van der Waals surface area contributed by atoms with Gasteiger partial charge in [-0.3, -0.25) is 0 Å². The maximum absolute atomic E-state index is 6.81. The minimum absolute atomic E-state index is 0.606. The molecule has 0 amide bonds. The molecule has 0 unspecified atom stereocenters. The largest absolute Gasteiger partial charge is 0.455 e. The fourth-order valence-electron chi connectivity index (χ4n) is 7.26. The molecule has 0 aliphatic carbocycles. The van der Waals surface area contributed by atoms with E-state index in [-0.39, 0.29) is 0 Å².